The lowest BCUT2D eigenvalue weighted by Gasteiger charge is -2.34. The molecule has 0 radical (unpaired) electrons. The maximum atomic E-state index is 12.5. The number of benzene rings is 1. The highest BCUT2D eigenvalue weighted by Crippen LogP contribution is 2.29. The van der Waals surface area contributed by atoms with Crippen molar-refractivity contribution < 1.29 is 4.79 Å². The van der Waals surface area contributed by atoms with Gasteiger partial charge in [-0.1, -0.05) is 49.6 Å². The summed E-state index contributed by atoms with van der Waals surface area (Å²) in [6.07, 6.45) is 7.01. The van der Waals surface area contributed by atoms with Crippen molar-refractivity contribution in [3.8, 4) is 0 Å². The van der Waals surface area contributed by atoms with Crippen LogP contribution in [0.3, 0.4) is 0 Å². The monoisotopic (exact) mass is 288 g/mol. The Kier molecular flexibility index (Phi) is 5.80. The van der Waals surface area contributed by atoms with Crippen molar-refractivity contribution in [3.05, 3.63) is 35.9 Å². The van der Waals surface area contributed by atoms with Crippen LogP contribution in [-0.4, -0.2) is 29.4 Å². The van der Waals surface area contributed by atoms with Crippen LogP contribution in [0, 0.1) is 0 Å². The molecular weight excluding hydrogens is 260 g/mol. The highest BCUT2D eigenvalue weighted by Gasteiger charge is 2.31. The summed E-state index contributed by atoms with van der Waals surface area (Å²) in [5, 5.41) is 0. The summed E-state index contributed by atoms with van der Waals surface area (Å²) in [7, 11) is 0. The number of hydrogen-bond acceptors (Lipinski definition) is 2. The summed E-state index contributed by atoms with van der Waals surface area (Å²) < 4.78 is 0. The summed E-state index contributed by atoms with van der Waals surface area (Å²) >= 11 is 0. The molecule has 0 aliphatic heterocycles. The Bertz CT molecular complexity index is 438. The molecule has 0 aromatic heterocycles. The zero-order valence-electron chi connectivity index (χ0n) is 13.2. The maximum Gasteiger partial charge on any atom is 0.224 e. The Labute approximate surface area is 128 Å². The first-order valence-corrected chi connectivity index (χ1v) is 8.23. The predicted molar refractivity (Wildman–Crippen MR) is 87.0 cm³/mol. The lowest BCUT2D eigenvalue weighted by Crippen LogP contribution is -2.47. The smallest absolute Gasteiger partial charge is 0.224 e. The third-order valence-electron chi connectivity index (χ3n) is 4.60. The number of carbonyl (C=O) groups is 1. The number of likely N-dealkylation sites (N-methyl/N-ethyl adjacent to an activating group) is 1. The van der Waals surface area contributed by atoms with Crippen molar-refractivity contribution in [3.63, 3.8) is 0 Å². The zero-order chi connectivity index (χ0) is 15.1. The Balaban J connectivity index is 1.86. The highest BCUT2D eigenvalue weighted by molar-refractivity contribution is 5.77. The van der Waals surface area contributed by atoms with E-state index < -0.39 is 0 Å². The maximum absolute atomic E-state index is 12.5. The number of amides is 1. The molecule has 1 aromatic carbocycles. The minimum atomic E-state index is -0.254. The van der Waals surface area contributed by atoms with E-state index in [-0.39, 0.29) is 11.4 Å². The Morgan fingerprint density at radius 1 is 1.19 bits per heavy atom. The van der Waals surface area contributed by atoms with Gasteiger partial charge in [-0.2, -0.15) is 0 Å². The molecule has 0 bridgehead atoms. The SMILES string of the molecule is CCN(CCc1ccccc1)C(=O)CC1(N)CCCCC1. The van der Waals surface area contributed by atoms with Crippen LogP contribution >= 0.6 is 0 Å². The number of hydrogen-bond donors (Lipinski definition) is 1. The van der Waals surface area contributed by atoms with Crippen LogP contribution in [0.1, 0.15) is 51.0 Å². The van der Waals surface area contributed by atoms with Gasteiger partial charge in [0.05, 0.1) is 0 Å². The average Bonchev–Trinajstić information content (AvgIpc) is 2.49. The molecular formula is C18H28N2O. The van der Waals surface area contributed by atoms with E-state index in [2.05, 4.69) is 12.1 Å². The van der Waals surface area contributed by atoms with Crippen LogP contribution in [0.25, 0.3) is 0 Å². The molecule has 1 fully saturated rings. The molecule has 0 saturated heterocycles. The number of rotatable bonds is 6. The number of nitrogens with zero attached hydrogens (tertiary/aromatic N) is 1. The van der Waals surface area contributed by atoms with Gasteiger partial charge in [0.15, 0.2) is 0 Å². The van der Waals surface area contributed by atoms with Crippen molar-refractivity contribution in [2.45, 2.75) is 57.4 Å². The zero-order valence-corrected chi connectivity index (χ0v) is 13.2. The number of carbonyl (C=O) groups excluding carboxylic acids is 1. The molecule has 1 aromatic rings. The fourth-order valence-electron chi connectivity index (χ4n) is 3.21. The Morgan fingerprint density at radius 3 is 2.48 bits per heavy atom. The molecule has 116 valence electrons. The fraction of sp³-hybridized carbons (Fsp3) is 0.611. The van der Waals surface area contributed by atoms with E-state index >= 15 is 0 Å². The largest absolute Gasteiger partial charge is 0.343 e. The molecule has 0 heterocycles. The number of nitrogens with two attached hydrogens (primary N) is 1. The molecule has 1 saturated carbocycles. The van der Waals surface area contributed by atoms with Gasteiger partial charge in [-0.15, -0.1) is 0 Å². The minimum absolute atomic E-state index is 0.220. The van der Waals surface area contributed by atoms with Gasteiger partial charge in [-0.25, -0.2) is 0 Å². The van der Waals surface area contributed by atoms with Crippen LogP contribution in [0.2, 0.25) is 0 Å². The molecule has 2 rings (SSSR count). The lowest BCUT2D eigenvalue weighted by atomic mass is 9.80. The normalized spacial score (nSPS) is 17.4. The summed E-state index contributed by atoms with van der Waals surface area (Å²) in [6.45, 7) is 3.60. The average molecular weight is 288 g/mol. The first kappa shape index (κ1) is 16.0. The van der Waals surface area contributed by atoms with Crippen molar-refractivity contribution in [2.75, 3.05) is 13.1 Å². The van der Waals surface area contributed by atoms with Crippen molar-refractivity contribution in [1.29, 1.82) is 0 Å². The summed E-state index contributed by atoms with van der Waals surface area (Å²) in [4.78, 5) is 14.5. The molecule has 0 spiro atoms. The van der Waals surface area contributed by atoms with Crippen LogP contribution in [0.15, 0.2) is 30.3 Å². The van der Waals surface area contributed by atoms with Gasteiger partial charge < -0.3 is 10.6 Å². The lowest BCUT2D eigenvalue weighted by molar-refractivity contribution is -0.132. The van der Waals surface area contributed by atoms with Crippen molar-refractivity contribution >= 4 is 5.91 Å². The minimum Gasteiger partial charge on any atom is -0.343 e. The van der Waals surface area contributed by atoms with Crippen molar-refractivity contribution in [2.24, 2.45) is 5.73 Å². The van der Waals surface area contributed by atoms with E-state index in [1.807, 2.05) is 30.0 Å². The molecule has 0 unspecified atom stereocenters. The molecule has 3 heteroatoms. The van der Waals surface area contributed by atoms with E-state index in [0.717, 1.165) is 32.4 Å². The fourth-order valence-corrected chi connectivity index (χ4v) is 3.21. The Morgan fingerprint density at radius 2 is 1.86 bits per heavy atom. The van der Waals surface area contributed by atoms with E-state index in [1.54, 1.807) is 0 Å². The van der Waals surface area contributed by atoms with Gasteiger partial charge in [0.25, 0.3) is 0 Å². The highest BCUT2D eigenvalue weighted by atomic mass is 16.2. The summed E-state index contributed by atoms with van der Waals surface area (Å²) in [5.74, 6) is 0.220. The van der Waals surface area contributed by atoms with E-state index in [1.165, 1.54) is 24.8 Å². The van der Waals surface area contributed by atoms with E-state index in [9.17, 15) is 4.79 Å². The second-order valence-corrected chi connectivity index (χ2v) is 6.31. The molecule has 2 N–H and O–H groups in total. The second-order valence-electron chi connectivity index (χ2n) is 6.31. The van der Waals surface area contributed by atoms with E-state index in [4.69, 9.17) is 5.73 Å². The third-order valence-corrected chi connectivity index (χ3v) is 4.60. The summed E-state index contributed by atoms with van der Waals surface area (Å²) in [5.41, 5.74) is 7.44. The molecule has 21 heavy (non-hydrogen) atoms. The first-order chi connectivity index (χ1) is 10.1. The Hall–Kier alpha value is -1.35. The van der Waals surface area contributed by atoms with Gasteiger partial charge in [0.2, 0.25) is 5.91 Å². The van der Waals surface area contributed by atoms with Gasteiger partial charge in [-0.3, -0.25) is 4.79 Å². The molecule has 1 amide bonds. The molecule has 3 nitrogen and oxygen atoms in total. The van der Waals surface area contributed by atoms with Crippen LogP contribution in [-0.2, 0) is 11.2 Å². The predicted octanol–water partition coefficient (Wildman–Crippen LogP) is 3.13. The van der Waals surface area contributed by atoms with Crippen LogP contribution < -0.4 is 5.73 Å². The van der Waals surface area contributed by atoms with Crippen LogP contribution in [0.4, 0.5) is 0 Å². The summed E-state index contributed by atoms with van der Waals surface area (Å²) in [6, 6.07) is 10.3. The standard InChI is InChI=1S/C18H28N2O/c1-2-20(14-11-16-9-5-3-6-10-16)17(21)15-18(19)12-7-4-8-13-18/h3,5-6,9-10H,2,4,7-8,11-15,19H2,1H3. The van der Waals surface area contributed by atoms with Crippen LogP contribution in [0.5, 0.6) is 0 Å². The molecule has 1 aliphatic rings. The van der Waals surface area contributed by atoms with Crippen molar-refractivity contribution in [1.82, 2.24) is 4.90 Å². The molecule has 0 atom stereocenters. The van der Waals surface area contributed by atoms with Gasteiger partial charge in [0, 0.05) is 25.0 Å². The first-order valence-electron chi connectivity index (χ1n) is 8.23. The quantitative estimate of drug-likeness (QED) is 0.874. The van der Waals surface area contributed by atoms with E-state index in [0.29, 0.717) is 6.42 Å². The third kappa shape index (κ3) is 4.85. The topological polar surface area (TPSA) is 46.3 Å². The second kappa shape index (κ2) is 7.60. The van der Waals surface area contributed by atoms with Gasteiger partial charge in [0.1, 0.15) is 0 Å². The molecule has 1 aliphatic carbocycles. The van der Waals surface area contributed by atoms with Gasteiger partial charge >= 0.3 is 0 Å². The van der Waals surface area contributed by atoms with Gasteiger partial charge in [-0.05, 0) is 31.7 Å².